The van der Waals surface area contributed by atoms with E-state index in [-0.39, 0.29) is 11.8 Å². The van der Waals surface area contributed by atoms with Crippen molar-refractivity contribution < 1.29 is 9.59 Å². The van der Waals surface area contributed by atoms with E-state index < -0.39 is 6.04 Å². The molecule has 2 aromatic rings. The summed E-state index contributed by atoms with van der Waals surface area (Å²) in [6, 6.07) is 10.3. The average Bonchev–Trinajstić information content (AvgIpc) is 2.84. The van der Waals surface area contributed by atoms with Crippen LogP contribution in [0.3, 0.4) is 0 Å². The van der Waals surface area contributed by atoms with Crippen LogP contribution in [-0.4, -0.2) is 16.8 Å². The zero-order valence-electron chi connectivity index (χ0n) is 11.6. The maximum atomic E-state index is 12.3. The van der Waals surface area contributed by atoms with E-state index in [1.165, 1.54) is 0 Å². The van der Waals surface area contributed by atoms with Gasteiger partial charge < -0.3 is 10.6 Å². The molecule has 1 unspecified atom stereocenters. The topological polar surface area (TPSA) is 71.1 Å². The van der Waals surface area contributed by atoms with Crippen LogP contribution in [0.4, 0.5) is 0 Å². The number of pyridine rings is 1. The molecule has 5 heteroatoms. The van der Waals surface area contributed by atoms with Crippen molar-refractivity contribution in [1.82, 2.24) is 15.6 Å². The smallest absolute Gasteiger partial charge is 0.252 e. The summed E-state index contributed by atoms with van der Waals surface area (Å²) in [6.45, 7) is 2.29. The van der Waals surface area contributed by atoms with Crippen LogP contribution in [-0.2, 0) is 11.3 Å². The average molecular weight is 281 g/mol. The molecule has 0 radical (unpaired) electrons. The van der Waals surface area contributed by atoms with Gasteiger partial charge in [-0.1, -0.05) is 24.3 Å². The lowest BCUT2D eigenvalue weighted by molar-refractivity contribution is -0.123. The molecule has 0 saturated heterocycles. The summed E-state index contributed by atoms with van der Waals surface area (Å²) in [4.78, 5) is 28.3. The number of nitrogens with one attached hydrogen (secondary N) is 2. The summed E-state index contributed by atoms with van der Waals surface area (Å²) >= 11 is 0. The zero-order valence-corrected chi connectivity index (χ0v) is 11.6. The number of hydrogen-bond donors (Lipinski definition) is 2. The standard InChI is InChI=1S/C16H15N3O2/c1-10-5-4-8-17-13(10)9-18-16(21)14-11-6-2-3-7-12(11)15(20)19-14/h2-8,14H,9H2,1H3,(H,18,21)(H,19,20). The highest BCUT2D eigenvalue weighted by Crippen LogP contribution is 2.24. The van der Waals surface area contributed by atoms with Crippen LogP contribution in [0.5, 0.6) is 0 Å². The Kier molecular flexibility index (Phi) is 3.39. The molecule has 1 aromatic heterocycles. The van der Waals surface area contributed by atoms with Gasteiger partial charge in [-0.3, -0.25) is 14.6 Å². The molecule has 1 aliphatic rings. The number of hydrogen-bond acceptors (Lipinski definition) is 3. The summed E-state index contributed by atoms with van der Waals surface area (Å²) in [5, 5.41) is 5.53. The summed E-state index contributed by atoms with van der Waals surface area (Å²) in [5.74, 6) is -0.432. The van der Waals surface area contributed by atoms with Crippen LogP contribution < -0.4 is 10.6 Å². The third-order valence-corrected chi connectivity index (χ3v) is 3.60. The molecule has 1 aromatic carbocycles. The van der Waals surface area contributed by atoms with E-state index in [4.69, 9.17) is 0 Å². The molecular formula is C16H15N3O2. The summed E-state index contributed by atoms with van der Waals surface area (Å²) in [5.41, 5.74) is 3.13. The third kappa shape index (κ3) is 2.50. The first kappa shape index (κ1) is 13.3. The molecule has 2 amide bonds. The van der Waals surface area contributed by atoms with Crippen LogP contribution in [0, 0.1) is 6.92 Å². The van der Waals surface area contributed by atoms with Gasteiger partial charge in [0.05, 0.1) is 12.2 Å². The molecule has 21 heavy (non-hydrogen) atoms. The molecule has 3 rings (SSSR count). The first-order valence-electron chi connectivity index (χ1n) is 6.75. The van der Waals surface area contributed by atoms with Gasteiger partial charge in [0.25, 0.3) is 5.91 Å². The predicted molar refractivity (Wildman–Crippen MR) is 77.5 cm³/mol. The monoisotopic (exact) mass is 281 g/mol. The Labute approximate surface area is 122 Å². The number of benzene rings is 1. The van der Waals surface area contributed by atoms with E-state index in [9.17, 15) is 9.59 Å². The lowest BCUT2D eigenvalue weighted by Crippen LogP contribution is -2.35. The van der Waals surface area contributed by atoms with Crippen LogP contribution in [0.2, 0.25) is 0 Å². The van der Waals surface area contributed by atoms with E-state index in [1.54, 1.807) is 24.4 Å². The lowest BCUT2D eigenvalue weighted by atomic mass is 10.0. The lowest BCUT2D eigenvalue weighted by Gasteiger charge is -2.12. The van der Waals surface area contributed by atoms with E-state index in [0.717, 1.165) is 16.8 Å². The van der Waals surface area contributed by atoms with Crippen molar-refractivity contribution >= 4 is 11.8 Å². The van der Waals surface area contributed by atoms with Gasteiger partial charge in [0.1, 0.15) is 6.04 Å². The molecule has 2 N–H and O–H groups in total. The molecular weight excluding hydrogens is 266 g/mol. The number of aryl methyl sites for hydroxylation is 1. The second-order valence-electron chi connectivity index (χ2n) is 4.98. The zero-order chi connectivity index (χ0) is 14.8. The number of amides is 2. The Morgan fingerprint density at radius 3 is 2.90 bits per heavy atom. The van der Waals surface area contributed by atoms with Crippen molar-refractivity contribution in [3.63, 3.8) is 0 Å². The minimum atomic E-state index is -0.627. The number of carbonyl (C=O) groups excluding carboxylic acids is 2. The minimum absolute atomic E-state index is 0.209. The van der Waals surface area contributed by atoms with Gasteiger partial charge in [-0.15, -0.1) is 0 Å². The molecule has 0 fully saturated rings. The Morgan fingerprint density at radius 2 is 2.10 bits per heavy atom. The Bertz CT molecular complexity index is 712. The van der Waals surface area contributed by atoms with Crippen LogP contribution in [0.15, 0.2) is 42.6 Å². The second-order valence-corrected chi connectivity index (χ2v) is 4.98. The van der Waals surface area contributed by atoms with Crippen molar-refractivity contribution in [3.05, 3.63) is 65.0 Å². The third-order valence-electron chi connectivity index (χ3n) is 3.60. The fourth-order valence-electron chi connectivity index (χ4n) is 2.43. The molecule has 106 valence electrons. The normalized spacial score (nSPS) is 16.2. The molecule has 0 bridgehead atoms. The van der Waals surface area contributed by atoms with Crippen LogP contribution >= 0.6 is 0 Å². The maximum absolute atomic E-state index is 12.3. The molecule has 1 atom stereocenters. The minimum Gasteiger partial charge on any atom is -0.348 e. The van der Waals surface area contributed by atoms with E-state index >= 15 is 0 Å². The highest BCUT2D eigenvalue weighted by molar-refractivity contribution is 6.04. The summed E-state index contributed by atoms with van der Waals surface area (Å²) in [7, 11) is 0. The van der Waals surface area contributed by atoms with E-state index in [2.05, 4.69) is 15.6 Å². The predicted octanol–water partition coefficient (Wildman–Crippen LogP) is 1.49. The van der Waals surface area contributed by atoms with Crippen LogP contribution in [0.1, 0.15) is 33.2 Å². The number of fused-ring (bicyclic) bond motifs is 1. The first-order chi connectivity index (χ1) is 10.2. The van der Waals surface area contributed by atoms with Gasteiger partial charge >= 0.3 is 0 Å². The molecule has 2 heterocycles. The molecule has 0 saturated carbocycles. The van der Waals surface area contributed by atoms with E-state index in [0.29, 0.717) is 12.1 Å². The summed E-state index contributed by atoms with van der Waals surface area (Å²) in [6.07, 6.45) is 1.70. The molecule has 0 aliphatic carbocycles. The van der Waals surface area contributed by atoms with Crippen molar-refractivity contribution in [3.8, 4) is 0 Å². The van der Waals surface area contributed by atoms with E-state index in [1.807, 2.05) is 25.1 Å². The first-order valence-corrected chi connectivity index (χ1v) is 6.75. The fraction of sp³-hybridized carbons (Fsp3) is 0.188. The molecule has 0 spiro atoms. The Morgan fingerprint density at radius 1 is 1.29 bits per heavy atom. The number of rotatable bonds is 3. The van der Waals surface area contributed by atoms with Gasteiger partial charge in [0.2, 0.25) is 5.91 Å². The maximum Gasteiger partial charge on any atom is 0.252 e. The number of carbonyl (C=O) groups is 2. The highest BCUT2D eigenvalue weighted by Gasteiger charge is 2.32. The van der Waals surface area contributed by atoms with Gasteiger partial charge in [0.15, 0.2) is 0 Å². The molecule has 5 nitrogen and oxygen atoms in total. The largest absolute Gasteiger partial charge is 0.348 e. The molecule has 1 aliphatic heterocycles. The fourth-order valence-corrected chi connectivity index (χ4v) is 2.43. The van der Waals surface area contributed by atoms with Gasteiger partial charge in [-0.2, -0.15) is 0 Å². The van der Waals surface area contributed by atoms with Crippen molar-refractivity contribution in [2.24, 2.45) is 0 Å². The van der Waals surface area contributed by atoms with Crippen molar-refractivity contribution in [2.75, 3.05) is 0 Å². The van der Waals surface area contributed by atoms with Gasteiger partial charge in [-0.25, -0.2) is 0 Å². The van der Waals surface area contributed by atoms with Crippen LogP contribution in [0.25, 0.3) is 0 Å². The Hall–Kier alpha value is -2.69. The quantitative estimate of drug-likeness (QED) is 0.895. The van der Waals surface area contributed by atoms with Crippen molar-refractivity contribution in [2.45, 2.75) is 19.5 Å². The number of nitrogens with zero attached hydrogens (tertiary/aromatic N) is 1. The van der Waals surface area contributed by atoms with Gasteiger partial charge in [-0.05, 0) is 30.2 Å². The second kappa shape index (κ2) is 5.36. The van der Waals surface area contributed by atoms with Crippen molar-refractivity contribution in [1.29, 1.82) is 0 Å². The SMILES string of the molecule is Cc1cccnc1CNC(=O)C1NC(=O)c2ccccc21. The van der Waals surface area contributed by atoms with Gasteiger partial charge in [0, 0.05) is 11.8 Å². The number of aromatic nitrogens is 1. The highest BCUT2D eigenvalue weighted by atomic mass is 16.2. The Balaban J connectivity index is 1.73. The summed E-state index contributed by atoms with van der Waals surface area (Å²) < 4.78 is 0.